The van der Waals surface area contributed by atoms with Crippen LogP contribution in [0.5, 0.6) is 0 Å². The van der Waals surface area contributed by atoms with Crippen molar-refractivity contribution in [3.05, 3.63) is 120 Å². The Bertz CT molecular complexity index is 2170. The number of aromatic nitrogens is 2. The van der Waals surface area contributed by atoms with Crippen LogP contribution < -0.4 is 0 Å². The minimum Gasteiger partial charge on any atom is -0.437 e. The number of benzene rings is 4. The first-order chi connectivity index (χ1) is 19.0. The summed E-state index contributed by atoms with van der Waals surface area (Å²) in [6, 6.07) is 36.0. The zero-order chi connectivity index (χ0) is 26.3. The maximum Gasteiger partial charge on any atom is 0.232 e. The first-order valence-corrected chi connectivity index (χ1v) is 13.1. The molecular weight excluding hydrogens is 478 g/mol. The number of para-hydroxylation sites is 1. The zero-order valence-corrected chi connectivity index (χ0v) is 21.6. The molecular formula is C35H23N3O. The number of imidazole rings is 1. The van der Waals surface area contributed by atoms with Gasteiger partial charge >= 0.3 is 0 Å². The Balaban J connectivity index is 1.22. The zero-order valence-electron chi connectivity index (χ0n) is 21.6. The molecule has 0 N–H and O–H groups in total. The fraction of sp³-hybridized carbons (Fsp3) is 0.0857. The van der Waals surface area contributed by atoms with Crippen LogP contribution >= 0.6 is 0 Å². The van der Waals surface area contributed by atoms with E-state index in [-0.39, 0.29) is 5.41 Å². The van der Waals surface area contributed by atoms with E-state index in [2.05, 4.69) is 92.8 Å². The second kappa shape index (κ2) is 7.69. The first-order valence-electron chi connectivity index (χ1n) is 13.1. The molecule has 3 aromatic heterocycles. The van der Waals surface area contributed by atoms with Gasteiger partial charge in [0.2, 0.25) is 5.71 Å². The van der Waals surface area contributed by atoms with Crippen LogP contribution in [0.1, 0.15) is 30.5 Å². The molecule has 0 spiro atoms. The monoisotopic (exact) mass is 501 g/mol. The largest absolute Gasteiger partial charge is 0.437 e. The molecule has 3 heterocycles. The molecule has 1 aliphatic carbocycles. The van der Waals surface area contributed by atoms with E-state index >= 15 is 0 Å². The van der Waals surface area contributed by atoms with E-state index in [0.29, 0.717) is 5.56 Å². The second-order valence-corrected chi connectivity index (χ2v) is 10.8. The fourth-order valence-electron chi connectivity index (χ4n) is 6.19. The smallest absolute Gasteiger partial charge is 0.232 e. The molecule has 39 heavy (non-hydrogen) atoms. The van der Waals surface area contributed by atoms with Gasteiger partial charge in [0, 0.05) is 17.0 Å². The third-order valence-electron chi connectivity index (χ3n) is 8.26. The SMILES string of the molecule is CC1(C)c2cc(C#N)ccc2-c2ccc(-c3cccc(-c4ccc5nc6c7ccccc7oc6n5c4)c3)cc21. The van der Waals surface area contributed by atoms with E-state index in [1.165, 1.54) is 33.4 Å². The summed E-state index contributed by atoms with van der Waals surface area (Å²) in [5.41, 5.74) is 13.5. The molecule has 0 radical (unpaired) electrons. The Morgan fingerprint density at radius 2 is 1.46 bits per heavy atom. The van der Waals surface area contributed by atoms with Gasteiger partial charge in [-0.2, -0.15) is 5.26 Å². The van der Waals surface area contributed by atoms with Crippen molar-refractivity contribution < 1.29 is 4.42 Å². The lowest BCUT2D eigenvalue weighted by molar-refractivity contribution is 0.649. The molecule has 0 unspecified atom stereocenters. The standard InChI is InChI=1S/C35H23N3O/c1-35(2)29-16-21(19-36)10-13-26(29)27-14-11-24(18-30(27)35)22-6-5-7-23(17-22)25-12-15-32-37-33-28-8-3-4-9-31(28)39-34(33)38(32)20-25/h3-18,20H,1-2H3. The van der Waals surface area contributed by atoms with E-state index in [1.54, 1.807) is 0 Å². The third kappa shape index (κ3) is 3.08. The summed E-state index contributed by atoms with van der Waals surface area (Å²) in [6.45, 7) is 4.50. The van der Waals surface area contributed by atoms with E-state index < -0.39 is 0 Å². The summed E-state index contributed by atoms with van der Waals surface area (Å²) in [4.78, 5) is 4.83. The number of fused-ring (bicyclic) bond motifs is 8. The minimum atomic E-state index is -0.171. The summed E-state index contributed by atoms with van der Waals surface area (Å²) < 4.78 is 8.22. The van der Waals surface area contributed by atoms with Crippen LogP contribution in [0.4, 0.5) is 0 Å². The van der Waals surface area contributed by atoms with Crippen molar-refractivity contribution in [3.8, 4) is 39.4 Å². The number of rotatable bonds is 2. The normalized spacial score (nSPS) is 13.6. The van der Waals surface area contributed by atoms with E-state index in [1.807, 2.05) is 34.7 Å². The molecule has 4 nitrogen and oxygen atoms in total. The molecule has 0 saturated heterocycles. The summed E-state index contributed by atoms with van der Waals surface area (Å²) in [5.74, 6) is 0. The first kappa shape index (κ1) is 21.9. The van der Waals surface area contributed by atoms with Crippen LogP contribution in [0.3, 0.4) is 0 Å². The highest BCUT2D eigenvalue weighted by molar-refractivity contribution is 6.03. The lowest BCUT2D eigenvalue weighted by Crippen LogP contribution is -2.15. The summed E-state index contributed by atoms with van der Waals surface area (Å²) in [5, 5.41) is 10.5. The summed E-state index contributed by atoms with van der Waals surface area (Å²) in [6.07, 6.45) is 2.11. The van der Waals surface area contributed by atoms with Crippen molar-refractivity contribution >= 4 is 27.8 Å². The van der Waals surface area contributed by atoms with Crippen LogP contribution in [-0.4, -0.2) is 9.38 Å². The Labute approximate surface area is 225 Å². The lowest BCUT2D eigenvalue weighted by atomic mass is 9.81. The Morgan fingerprint density at radius 3 is 2.31 bits per heavy atom. The second-order valence-electron chi connectivity index (χ2n) is 10.8. The predicted octanol–water partition coefficient (Wildman–Crippen LogP) is 8.75. The molecule has 4 aromatic carbocycles. The molecule has 7 aromatic rings. The van der Waals surface area contributed by atoms with Crippen LogP contribution in [0, 0.1) is 11.3 Å². The number of hydrogen-bond acceptors (Lipinski definition) is 3. The Hall–Kier alpha value is -5.14. The van der Waals surface area contributed by atoms with Gasteiger partial charge in [-0.1, -0.05) is 62.4 Å². The maximum absolute atomic E-state index is 9.44. The molecule has 0 saturated carbocycles. The Morgan fingerprint density at radius 1 is 0.744 bits per heavy atom. The fourth-order valence-corrected chi connectivity index (χ4v) is 6.19. The molecule has 0 bridgehead atoms. The van der Waals surface area contributed by atoms with Crippen molar-refractivity contribution in [1.29, 1.82) is 5.26 Å². The van der Waals surface area contributed by atoms with Crippen molar-refractivity contribution in [2.45, 2.75) is 19.3 Å². The van der Waals surface area contributed by atoms with Gasteiger partial charge in [0.25, 0.3) is 0 Å². The number of pyridine rings is 1. The minimum absolute atomic E-state index is 0.171. The topological polar surface area (TPSA) is 54.2 Å². The van der Waals surface area contributed by atoms with Gasteiger partial charge in [0.05, 0.1) is 11.6 Å². The average molecular weight is 502 g/mol. The van der Waals surface area contributed by atoms with Crippen LogP contribution in [0.15, 0.2) is 108 Å². The Kier molecular flexibility index (Phi) is 4.32. The van der Waals surface area contributed by atoms with Gasteiger partial charge < -0.3 is 4.42 Å². The van der Waals surface area contributed by atoms with Crippen molar-refractivity contribution in [2.24, 2.45) is 0 Å². The molecule has 184 valence electrons. The van der Waals surface area contributed by atoms with Crippen LogP contribution in [0.25, 0.3) is 61.2 Å². The van der Waals surface area contributed by atoms with Crippen molar-refractivity contribution in [1.82, 2.24) is 9.38 Å². The van der Waals surface area contributed by atoms with Gasteiger partial charge in [-0.15, -0.1) is 0 Å². The van der Waals surface area contributed by atoms with Crippen molar-refractivity contribution in [2.75, 3.05) is 0 Å². The van der Waals surface area contributed by atoms with Crippen LogP contribution in [-0.2, 0) is 5.41 Å². The average Bonchev–Trinajstić information content (AvgIpc) is 3.59. The van der Waals surface area contributed by atoms with Gasteiger partial charge in [0.15, 0.2) is 0 Å². The third-order valence-corrected chi connectivity index (χ3v) is 8.26. The predicted molar refractivity (Wildman–Crippen MR) is 156 cm³/mol. The molecule has 1 aliphatic rings. The highest BCUT2D eigenvalue weighted by Gasteiger charge is 2.35. The van der Waals surface area contributed by atoms with Gasteiger partial charge in [-0.25, -0.2) is 4.98 Å². The number of hydrogen-bond donors (Lipinski definition) is 0. The van der Waals surface area contributed by atoms with Gasteiger partial charge in [-0.3, -0.25) is 4.40 Å². The van der Waals surface area contributed by atoms with Crippen LogP contribution in [0.2, 0.25) is 0 Å². The quantitative estimate of drug-likeness (QED) is 0.238. The van der Waals surface area contributed by atoms with E-state index in [9.17, 15) is 5.26 Å². The molecule has 0 fully saturated rings. The van der Waals surface area contributed by atoms with E-state index in [0.717, 1.165) is 39.0 Å². The van der Waals surface area contributed by atoms with Crippen molar-refractivity contribution in [3.63, 3.8) is 0 Å². The molecule has 0 aliphatic heterocycles. The molecule has 8 rings (SSSR count). The highest BCUT2D eigenvalue weighted by atomic mass is 16.3. The maximum atomic E-state index is 9.44. The lowest BCUT2D eigenvalue weighted by Gasteiger charge is -2.22. The highest BCUT2D eigenvalue weighted by Crippen LogP contribution is 2.50. The van der Waals surface area contributed by atoms with E-state index in [4.69, 9.17) is 9.40 Å². The number of nitrogens with zero attached hydrogens (tertiary/aromatic N) is 3. The number of nitriles is 1. The molecule has 4 heteroatoms. The van der Waals surface area contributed by atoms with Gasteiger partial charge in [0.1, 0.15) is 16.7 Å². The molecule has 0 atom stereocenters. The molecule has 0 amide bonds. The summed E-state index contributed by atoms with van der Waals surface area (Å²) >= 11 is 0. The van der Waals surface area contributed by atoms with Gasteiger partial charge in [-0.05, 0) is 93.0 Å². The summed E-state index contributed by atoms with van der Waals surface area (Å²) in [7, 11) is 0. The number of furan rings is 1.